The van der Waals surface area contributed by atoms with Crippen molar-refractivity contribution in [3.8, 4) is 0 Å². The SMILES string of the molecule is CN(CC1(CO)CCOC1)C1CCC1. The molecule has 2 rings (SSSR count). The van der Waals surface area contributed by atoms with Gasteiger partial charge in [-0.3, -0.25) is 0 Å². The largest absolute Gasteiger partial charge is 0.396 e. The summed E-state index contributed by atoms with van der Waals surface area (Å²) in [6.45, 7) is 2.82. The first kappa shape index (κ1) is 10.4. The highest BCUT2D eigenvalue weighted by molar-refractivity contribution is 4.88. The molecule has 1 atom stereocenters. The van der Waals surface area contributed by atoms with Gasteiger partial charge >= 0.3 is 0 Å². The van der Waals surface area contributed by atoms with Crippen molar-refractivity contribution >= 4 is 0 Å². The molecule has 1 N–H and O–H groups in total. The van der Waals surface area contributed by atoms with E-state index < -0.39 is 0 Å². The van der Waals surface area contributed by atoms with E-state index in [-0.39, 0.29) is 12.0 Å². The Morgan fingerprint density at radius 1 is 1.50 bits per heavy atom. The van der Waals surface area contributed by atoms with Gasteiger partial charge in [0.05, 0.1) is 13.2 Å². The smallest absolute Gasteiger partial charge is 0.0557 e. The van der Waals surface area contributed by atoms with Gasteiger partial charge in [-0.15, -0.1) is 0 Å². The summed E-state index contributed by atoms with van der Waals surface area (Å²) in [5, 5.41) is 9.43. The Labute approximate surface area is 86.0 Å². The summed E-state index contributed by atoms with van der Waals surface area (Å²) in [6, 6.07) is 0.763. The van der Waals surface area contributed by atoms with Gasteiger partial charge in [-0.05, 0) is 26.3 Å². The fourth-order valence-corrected chi connectivity index (χ4v) is 2.43. The molecular weight excluding hydrogens is 178 g/mol. The van der Waals surface area contributed by atoms with Crippen LogP contribution >= 0.6 is 0 Å². The van der Waals surface area contributed by atoms with Gasteiger partial charge in [-0.2, -0.15) is 0 Å². The van der Waals surface area contributed by atoms with Crippen molar-refractivity contribution in [1.29, 1.82) is 0 Å². The number of hydrogen-bond donors (Lipinski definition) is 1. The molecule has 1 saturated heterocycles. The van der Waals surface area contributed by atoms with Gasteiger partial charge < -0.3 is 14.7 Å². The van der Waals surface area contributed by atoms with E-state index >= 15 is 0 Å². The topological polar surface area (TPSA) is 32.7 Å². The van der Waals surface area contributed by atoms with E-state index in [1.165, 1.54) is 19.3 Å². The van der Waals surface area contributed by atoms with Gasteiger partial charge in [0.25, 0.3) is 0 Å². The third kappa shape index (κ3) is 1.95. The summed E-state index contributed by atoms with van der Waals surface area (Å²) in [4.78, 5) is 2.41. The first-order valence-corrected chi connectivity index (χ1v) is 5.65. The molecule has 82 valence electrons. The van der Waals surface area contributed by atoms with Crippen LogP contribution in [-0.2, 0) is 4.74 Å². The lowest BCUT2D eigenvalue weighted by atomic mass is 9.85. The number of rotatable bonds is 4. The Balaban J connectivity index is 1.86. The summed E-state index contributed by atoms with van der Waals surface area (Å²) in [7, 11) is 2.18. The molecule has 2 aliphatic rings. The van der Waals surface area contributed by atoms with E-state index in [0.29, 0.717) is 0 Å². The van der Waals surface area contributed by atoms with Crippen LogP contribution in [0.3, 0.4) is 0 Å². The Morgan fingerprint density at radius 2 is 2.29 bits per heavy atom. The Hall–Kier alpha value is -0.120. The second kappa shape index (κ2) is 4.17. The highest BCUT2D eigenvalue weighted by atomic mass is 16.5. The van der Waals surface area contributed by atoms with Crippen LogP contribution in [0.1, 0.15) is 25.7 Å². The van der Waals surface area contributed by atoms with Crippen LogP contribution in [-0.4, -0.2) is 49.5 Å². The minimum absolute atomic E-state index is 0.0321. The van der Waals surface area contributed by atoms with Gasteiger partial charge in [0, 0.05) is 24.6 Å². The van der Waals surface area contributed by atoms with Crippen LogP contribution in [0, 0.1) is 5.41 Å². The monoisotopic (exact) mass is 199 g/mol. The van der Waals surface area contributed by atoms with Crippen molar-refractivity contribution in [1.82, 2.24) is 4.90 Å². The molecule has 0 radical (unpaired) electrons. The number of hydrogen-bond acceptors (Lipinski definition) is 3. The normalized spacial score (nSPS) is 33.6. The molecular formula is C11H21NO2. The maximum atomic E-state index is 9.43. The van der Waals surface area contributed by atoms with Crippen LogP contribution in [0.25, 0.3) is 0 Å². The van der Waals surface area contributed by atoms with Crippen molar-refractivity contribution in [2.24, 2.45) is 5.41 Å². The van der Waals surface area contributed by atoms with E-state index in [2.05, 4.69) is 11.9 Å². The van der Waals surface area contributed by atoms with E-state index in [4.69, 9.17) is 4.74 Å². The molecule has 0 spiro atoms. The maximum absolute atomic E-state index is 9.43. The molecule has 0 aromatic heterocycles. The minimum Gasteiger partial charge on any atom is -0.396 e. The van der Waals surface area contributed by atoms with Crippen LogP contribution in [0.5, 0.6) is 0 Å². The van der Waals surface area contributed by atoms with E-state index in [9.17, 15) is 5.11 Å². The second-order valence-electron chi connectivity index (χ2n) is 4.96. The molecule has 2 fully saturated rings. The number of nitrogens with zero attached hydrogens (tertiary/aromatic N) is 1. The van der Waals surface area contributed by atoms with E-state index in [1.807, 2.05) is 0 Å². The average molecular weight is 199 g/mol. The van der Waals surface area contributed by atoms with Gasteiger partial charge in [0.2, 0.25) is 0 Å². The van der Waals surface area contributed by atoms with Gasteiger partial charge in [-0.25, -0.2) is 0 Å². The average Bonchev–Trinajstić information content (AvgIpc) is 2.50. The Kier molecular flexibility index (Phi) is 3.10. The maximum Gasteiger partial charge on any atom is 0.0557 e. The summed E-state index contributed by atoms with van der Waals surface area (Å²) in [6.07, 6.45) is 5.05. The second-order valence-corrected chi connectivity index (χ2v) is 4.96. The number of aliphatic hydroxyl groups excluding tert-OH is 1. The van der Waals surface area contributed by atoms with Crippen molar-refractivity contribution < 1.29 is 9.84 Å². The van der Waals surface area contributed by atoms with Gasteiger partial charge in [0.15, 0.2) is 0 Å². The van der Waals surface area contributed by atoms with Crippen LogP contribution < -0.4 is 0 Å². The summed E-state index contributed by atoms with van der Waals surface area (Å²) < 4.78 is 5.40. The molecule has 0 amide bonds. The molecule has 0 aromatic carbocycles. The lowest BCUT2D eigenvalue weighted by molar-refractivity contribution is 0.0373. The standard InChI is InChI=1S/C11H21NO2/c1-12(10-3-2-4-10)7-11(8-13)5-6-14-9-11/h10,13H,2-9H2,1H3. The van der Waals surface area contributed by atoms with Crippen molar-refractivity contribution in [2.45, 2.75) is 31.7 Å². The fraction of sp³-hybridized carbons (Fsp3) is 1.00. The predicted molar refractivity (Wildman–Crippen MR) is 55.2 cm³/mol. The Bertz CT molecular complexity index is 186. The third-order valence-corrected chi connectivity index (χ3v) is 3.80. The highest BCUT2D eigenvalue weighted by Gasteiger charge is 2.37. The third-order valence-electron chi connectivity index (χ3n) is 3.80. The lowest BCUT2D eigenvalue weighted by Crippen LogP contribution is -2.46. The number of aliphatic hydroxyl groups is 1. The molecule has 1 aliphatic heterocycles. The van der Waals surface area contributed by atoms with Crippen LogP contribution in [0.2, 0.25) is 0 Å². The lowest BCUT2D eigenvalue weighted by Gasteiger charge is -2.39. The first-order valence-electron chi connectivity index (χ1n) is 5.65. The molecule has 14 heavy (non-hydrogen) atoms. The van der Waals surface area contributed by atoms with Gasteiger partial charge in [0.1, 0.15) is 0 Å². The molecule has 0 bridgehead atoms. The molecule has 1 heterocycles. The molecule has 1 saturated carbocycles. The van der Waals surface area contributed by atoms with Crippen LogP contribution in [0.4, 0.5) is 0 Å². The highest BCUT2D eigenvalue weighted by Crippen LogP contribution is 2.32. The fourth-order valence-electron chi connectivity index (χ4n) is 2.43. The zero-order chi connectivity index (χ0) is 10.0. The first-order chi connectivity index (χ1) is 6.76. The van der Waals surface area contributed by atoms with E-state index in [1.54, 1.807) is 0 Å². The van der Waals surface area contributed by atoms with Crippen molar-refractivity contribution in [3.05, 3.63) is 0 Å². The molecule has 3 heteroatoms. The zero-order valence-electron chi connectivity index (χ0n) is 9.04. The van der Waals surface area contributed by atoms with Crippen molar-refractivity contribution in [3.63, 3.8) is 0 Å². The summed E-state index contributed by atoms with van der Waals surface area (Å²) in [5.41, 5.74) is 0.0321. The number of ether oxygens (including phenoxy) is 1. The quantitative estimate of drug-likeness (QED) is 0.729. The minimum atomic E-state index is 0.0321. The van der Waals surface area contributed by atoms with E-state index in [0.717, 1.165) is 32.2 Å². The summed E-state index contributed by atoms with van der Waals surface area (Å²) >= 11 is 0. The molecule has 0 aromatic rings. The van der Waals surface area contributed by atoms with Crippen LogP contribution in [0.15, 0.2) is 0 Å². The molecule has 1 unspecified atom stereocenters. The summed E-state index contributed by atoms with van der Waals surface area (Å²) in [5.74, 6) is 0. The predicted octanol–water partition coefficient (Wildman–Crippen LogP) is 0.870. The zero-order valence-corrected chi connectivity index (χ0v) is 9.04. The Morgan fingerprint density at radius 3 is 2.71 bits per heavy atom. The molecule has 3 nitrogen and oxygen atoms in total. The van der Waals surface area contributed by atoms with Crippen molar-refractivity contribution in [2.75, 3.05) is 33.4 Å². The van der Waals surface area contributed by atoms with Gasteiger partial charge in [-0.1, -0.05) is 6.42 Å². The molecule has 1 aliphatic carbocycles.